The van der Waals surface area contributed by atoms with E-state index < -0.39 is 10.7 Å². The zero-order valence-corrected chi connectivity index (χ0v) is 10.3. The van der Waals surface area contributed by atoms with Gasteiger partial charge in [0.15, 0.2) is 5.69 Å². The van der Waals surface area contributed by atoms with Crippen molar-refractivity contribution in [2.45, 2.75) is 6.92 Å². The lowest BCUT2D eigenvalue weighted by Gasteiger charge is -2.07. The molecule has 0 fully saturated rings. The van der Waals surface area contributed by atoms with Gasteiger partial charge in [-0.25, -0.2) is 14.4 Å². The molecule has 2 rings (SSSR count). The van der Waals surface area contributed by atoms with E-state index in [1.807, 2.05) is 0 Å². The third kappa shape index (κ3) is 2.35. The molecule has 0 radical (unpaired) electrons. The van der Waals surface area contributed by atoms with Gasteiger partial charge in [-0.3, -0.25) is 10.1 Å². The summed E-state index contributed by atoms with van der Waals surface area (Å²) in [7, 11) is 1.51. The Morgan fingerprint density at radius 1 is 1.37 bits per heavy atom. The number of hydrogen-bond donors (Lipinski definition) is 1. The van der Waals surface area contributed by atoms with Gasteiger partial charge in [0.1, 0.15) is 12.1 Å². The molecule has 1 heterocycles. The number of hydrogen-bond acceptors (Lipinski definition) is 5. The fraction of sp³-hybridized carbons (Fsp3) is 0.167. The van der Waals surface area contributed by atoms with Crippen molar-refractivity contribution < 1.29 is 9.31 Å². The van der Waals surface area contributed by atoms with Gasteiger partial charge in [-0.15, -0.1) is 0 Å². The highest BCUT2D eigenvalue weighted by molar-refractivity contribution is 5.77. The summed E-state index contributed by atoms with van der Waals surface area (Å²) >= 11 is 0. The minimum Gasteiger partial charge on any atom is -0.367 e. The lowest BCUT2D eigenvalue weighted by atomic mass is 10.1. The summed E-state index contributed by atoms with van der Waals surface area (Å²) in [6.45, 7) is 1.77. The van der Waals surface area contributed by atoms with Crippen LogP contribution in [0.5, 0.6) is 0 Å². The number of nitrogens with zero attached hydrogens (tertiary/aromatic N) is 3. The molecule has 0 aliphatic rings. The summed E-state index contributed by atoms with van der Waals surface area (Å²) in [6.07, 6.45) is 1.16. The number of halogens is 1. The first kappa shape index (κ1) is 12.9. The highest BCUT2D eigenvalue weighted by Crippen LogP contribution is 2.34. The van der Waals surface area contributed by atoms with Gasteiger partial charge < -0.3 is 5.32 Å². The normalized spacial score (nSPS) is 10.3. The van der Waals surface area contributed by atoms with Crippen LogP contribution >= 0.6 is 0 Å². The molecule has 6 nitrogen and oxygen atoms in total. The third-order valence-electron chi connectivity index (χ3n) is 2.62. The Kier molecular flexibility index (Phi) is 3.37. The predicted molar refractivity (Wildman–Crippen MR) is 68.4 cm³/mol. The fourth-order valence-electron chi connectivity index (χ4n) is 1.75. The Hall–Kier alpha value is -2.57. The summed E-state index contributed by atoms with van der Waals surface area (Å²) in [5.74, 6) is -0.509. The maximum absolute atomic E-state index is 13.8. The molecule has 19 heavy (non-hydrogen) atoms. The van der Waals surface area contributed by atoms with Crippen molar-refractivity contribution in [3.8, 4) is 11.3 Å². The Bertz CT molecular complexity index is 646. The van der Waals surface area contributed by atoms with Crippen LogP contribution in [0.2, 0.25) is 0 Å². The van der Waals surface area contributed by atoms with Crippen molar-refractivity contribution in [1.82, 2.24) is 9.97 Å². The number of rotatable bonds is 3. The van der Waals surface area contributed by atoms with Crippen LogP contribution < -0.4 is 5.32 Å². The molecule has 0 bridgehead atoms. The van der Waals surface area contributed by atoms with Crippen molar-refractivity contribution in [2.75, 3.05) is 12.4 Å². The number of aromatic nitrogens is 2. The van der Waals surface area contributed by atoms with Crippen molar-refractivity contribution in [3.63, 3.8) is 0 Å². The van der Waals surface area contributed by atoms with Crippen LogP contribution in [-0.4, -0.2) is 21.9 Å². The molecule has 98 valence electrons. The Labute approximate surface area is 108 Å². The van der Waals surface area contributed by atoms with E-state index in [-0.39, 0.29) is 22.8 Å². The molecular formula is C12H11FN4O2. The maximum atomic E-state index is 13.8. The van der Waals surface area contributed by atoms with Crippen LogP contribution in [0.3, 0.4) is 0 Å². The largest absolute Gasteiger partial charge is 0.367 e. The first-order valence-electron chi connectivity index (χ1n) is 5.48. The van der Waals surface area contributed by atoms with Gasteiger partial charge in [0.2, 0.25) is 5.82 Å². The molecular weight excluding hydrogens is 251 g/mol. The van der Waals surface area contributed by atoms with Gasteiger partial charge in [0.25, 0.3) is 0 Å². The molecule has 0 aliphatic carbocycles. The fourth-order valence-corrected chi connectivity index (χ4v) is 1.75. The van der Waals surface area contributed by atoms with E-state index in [4.69, 9.17) is 0 Å². The molecule has 1 aromatic heterocycles. The second-order valence-corrected chi connectivity index (χ2v) is 3.91. The second kappa shape index (κ2) is 4.97. The monoisotopic (exact) mass is 262 g/mol. The minimum absolute atomic E-state index is 0.0365. The summed E-state index contributed by atoms with van der Waals surface area (Å²) in [6, 6.07) is 4.37. The molecule has 7 heteroatoms. The van der Waals surface area contributed by atoms with Gasteiger partial charge in [0, 0.05) is 12.6 Å². The van der Waals surface area contributed by atoms with Crippen LogP contribution in [0.4, 0.5) is 15.9 Å². The molecule has 0 aliphatic heterocycles. The van der Waals surface area contributed by atoms with Crippen LogP contribution in [-0.2, 0) is 0 Å². The maximum Gasteiger partial charge on any atom is 0.337 e. The van der Waals surface area contributed by atoms with Crippen molar-refractivity contribution >= 4 is 11.5 Å². The van der Waals surface area contributed by atoms with Gasteiger partial charge in [-0.1, -0.05) is 11.6 Å². The predicted octanol–water partition coefficient (Wildman–Crippen LogP) is 2.54. The molecule has 0 amide bonds. The van der Waals surface area contributed by atoms with Crippen molar-refractivity contribution in [1.29, 1.82) is 0 Å². The molecule has 0 unspecified atom stereocenters. The average Bonchev–Trinajstić information content (AvgIpc) is 2.40. The molecule has 0 atom stereocenters. The smallest absolute Gasteiger partial charge is 0.337 e. The molecule has 0 saturated carbocycles. The molecule has 0 saturated heterocycles. The average molecular weight is 262 g/mol. The zero-order chi connectivity index (χ0) is 14.0. The Balaban J connectivity index is 2.75. The molecule has 1 N–H and O–H groups in total. The van der Waals surface area contributed by atoms with Crippen LogP contribution in [0.15, 0.2) is 24.5 Å². The summed E-state index contributed by atoms with van der Waals surface area (Å²) in [5.41, 5.74) is 0.501. The lowest BCUT2D eigenvalue weighted by Crippen LogP contribution is -2.03. The van der Waals surface area contributed by atoms with Gasteiger partial charge in [-0.05, 0) is 19.1 Å². The number of nitro groups is 1. The van der Waals surface area contributed by atoms with E-state index in [2.05, 4.69) is 15.3 Å². The first-order valence-corrected chi connectivity index (χ1v) is 5.48. The topological polar surface area (TPSA) is 81.0 Å². The van der Waals surface area contributed by atoms with Crippen LogP contribution in [0.25, 0.3) is 11.3 Å². The number of anilines is 1. The zero-order valence-electron chi connectivity index (χ0n) is 10.3. The van der Waals surface area contributed by atoms with E-state index in [0.717, 1.165) is 11.9 Å². The second-order valence-electron chi connectivity index (χ2n) is 3.91. The highest BCUT2D eigenvalue weighted by Gasteiger charge is 2.25. The SMILES string of the molecule is CNc1ncnc(-c2cc(C)ccc2F)c1[N+](=O)[O-]. The summed E-state index contributed by atoms with van der Waals surface area (Å²) in [5, 5.41) is 13.7. The minimum atomic E-state index is -0.622. The van der Waals surface area contributed by atoms with E-state index in [1.165, 1.54) is 19.2 Å². The van der Waals surface area contributed by atoms with Gasteiger partial charge >= 0.3 is 5.69 Å². The van der Waals surface area contributed by atoms with Crippen molar-refractivity contribution in [2.24, 2.45) is 0 Å². The molecule has 2 aromatic rings. The Morgan fingerprint density at radius 2 is 2.11 bits per heavy atom. The van der Waals surface area contributed by atoms with Crippen molar-refractivity contribution in [3.05, 3.63) is 46.0 Å². The van der Waals surface area contributed by atoms with Gasteiger partial charge in [-0.2, -0.15) is 0 Å². The van der Waals surface area contributed by atoms with Crippen LogP contribution in [0.1, 0.15) is 5.56 Å². The number of aryl methyl sites for hydroxylation is 1. The van der Waals surface area contributed by atoms with Gasteiger partial charge in [0.05, 0.1) is 4.92 Å². The summed E-state index contributed by atoms with van der Waals surface area (Å²) in [4.78, 5) is 18.1. The van der Waals surface area contributed by atoms with Crippen LogP contribution in [0, 0.1) is 22.9 Å². The lowest BCUT2D eigenvalue weighted by molar-refractivity contribution is -0.383. The number of benzene rings is 1. The third-order valence-corrected chi connectivity index (χ3v) is 2.62. The molecule has 0 spiro atoms. The highest BCUT2D eigenvalue weighted by atomic mass is 19.1. The van der Waals surface area contributed by atoms with E-state index in [0.29, 0.717) is 0 Å². The quantitative estimate of drug-likeness (QED) is 0.679. The summed E-state index contributed by atoms with van der Waals surface area (Å²) < 4.78 is 13.8. The van der Waals surface area contributed by atoms with E-state index in [9.17, 15) is 14.5 Å². The van der Waals surface area contributed by atoms with E-state index in [1.54, 1.807) is 13.0 Å². The Morgan fingerprint density at radius 3 is 2.74 bits per heavy atom. The molecule has 1 aromatic carbocycles. The number of nitrogens with one attached hydrogen (secondary N) is 1. The first-order chi connectivity index (χ1) is 9.04. The van der Waals surface area contributed by atoms with E-state index >= 15 is 0 Å². The standard InChI is InChI=1S/C12H11FN4O2/c1-7-3-4-9(13)8(5-7)10-11(17(18)19)12(14-2)16-6-15-10/h3-6H,1-2H3,(H,14,15,16).